The molecule has 0 radical (unpaired) electrons. The Balaban J connectivity index is 1.90. The Morgan fingerprint density at radius 2 is 1.94 bits per heavy atom. The minimum Gasteiger partial charge on any atom is -0.444 e. The smallest absolute Gasteiger partial charge is 0.430 e. The van der Waals surface area contributed by atoms with E-state index in [1.54, 1.807) is 20.8 Å². The zero-order chi connectivity index (χ0) is 24.4. The topological polar surface area (TPSA) is 106 Å². The van der Waals surface area contributed by atoms with Crippen LogP contribution in [0.1, 0.15) is 39.2 Å². The molecule has 0 bridgehead atoms. The number of likely N-dealkylation sites (tertiary alicyclic amines) is 1. The molecular formula is C20H23ClFN3O6S2. The van der Waals surface area contributed by atoms with Gasteiger partial charge in [0.25, 0.3) is 10.0 Å². The van der Waals surface area contributed by atoms with E-state index in [0.29, 0.717) is 13.1 Å². The Morgan fingerprint density at radius 1 is 1.27 bits per heavy atom. The summed E-state index contributed by atoms with van der Waals surface area (Å²) in [4.78, 5) is 29.3. The number of carbonyl (C=O) groups excluding carboxylic acids is 2. The van der Waals surface area contributed by atoms with E-state index in [-0.39, 0.29) is 27.3 Å². The molecule has 13 heteroatoms. The number of rotatable bonds is 5. The van der Waals surface area contributed by atoms with Gasteiger partial charge in [-0.05, 0) is 45.7 Å². The van der Waals surface area contributed by atoms with Gasteiger partial charge in [0.05, 0.1) is 5.51 Å². The molecule has 1 saturated heterocycles. The van der Waals surface area contributed by atoms with Crippen LogP contribution in [-0.2, 0) is 26.1 Å². The number of aromatic nitrogens is 1. The molecule has 1 aliphatic heterocycles. The second-order valence-electron chi connectivity index (χ2n) is 8.22. The lowest BCUT2D eigenvalue weighted by molar-refractivity contribution is 0.0608. The Kier molecular flexibility index (Phi) is 7.49. The molecular weight excluding hydrogens is 497 g/mol. The summed E-state index contributed by atoms with van der Waals surface area (Å²) in [5.74, 6) is -1.41. The van der Waals surface area contributed by atoms with Gasteiger partial charge in [0.2, 0.25) is 0 Å². The zero-order valence-corrected chi connectivity index (χ0v) is 20.6. The molecule has 180 valence electrons. The predicted molar refractivity (Wildman–Crippen MR) is 120 cm³/mol. The molecule has 33 heavy (non-hydrogen) atoms. The summed E-state index contributed by atoms with van der Waals surface area (Å²) >= 11 is 7.23. The van der Waals surface area contributed by atoms with Crippen LogP contribution in [0.4, 0.5) is 19.8 Å². The second-order valence-corrected chi connectivity index (χ2v) is 11.1. The van der Waals surface area contributed by atoms with Crippen molar-refractivity contribution in [3.8, 4) is 0 Å². The van der Waals surface area contributed by atoms with Gasteiger partial charge in [-0.15, -0.1) is 15.6 Å². The number of carbonyl (C=O) groups is 2. The lowest BCUT2D eigenvalue weighted by Crippen LogP contribution is -2.41. The van der Waals surface area contributed by atoms with Crippen molar-refractivity contribution >= 4 is 51.0 Å². The largest absolute Gasteiger partial charge is 0.444 e. The van der Waals surface area contributed by atoms with E-state index in [9.17, 15) is 22.4 Å². The van der Waals surface area contributed by atoms with Crippen molar-refractivity contribution in [1.29, 1.82) is 0 Å². The number of benzene rings is 1. The van der Waals surface area contributed by atoms with E-state index >= 15 is 0 Å². The first-order valence-electron chi connectivity index (χ1n) is 9.96. The van der Waals surface area contributed by atoms with Crippen LogP contribution in [0.3, 0.4) is 0 Å². The molecule has 0 atom stereocenters. The van der Waals surface area contributed by atoms with Gasteiger partial charge in [-0.3, -0.25) is 0 Å². The van der Waals surface area contributed by atoms with E-state index in [2.05, 4.69) is 4.98 Å². The molecule has 1 aromatic carbocycles. The third-order valence-electron chi connectivity index (χ3n) is 4.52. The van der Waals surface area contributed by atoms with Crippen molar-refractivity contribution in [1.82, 2.24) is 9.88 Å². The highest BCUT2D eigenvalue weighted by Crippen LogP contribution is 2.31. The van der Waals surface area contributed by atoms with Crippen molar-refractivity contribution < 1.29 is 31.9 Å². The van der Waals surface area contributed by atoms with Gasteiger partial charge in [-0.2, -0.15) is 0 Å². The van der Waals surface area contributed by atoms with Crippen molar-refractivity contribution in [2.45, 2.75) is 50.7 Å². The quantitative estimate of drug-likeness (QED) is 0.558. The number of nitrogens with zero attached hydrogens (tertiary/aromatic N) is 3. The molecule has 1 aliphatic rings. The maximum atomic E-state index is 15.0. The molecule has 2 aromatic rings. The number of halogens is 2. The average molecular weight is 520 g/mol. The maximum absolute atomic E-state index is 15.0. The van der Waals surface area contributed by atoms with E-state index in [0.717, 1.165) is 36.3 Å². The van der Waals surface area contributed by atoms with Crippen molar-refractivity contribution in [2.75, 3.05) is 17.4 Å². The van der Waals surface area contributed by atoms with Gasteiger partial charge in [0.1, 0.15) is 22.9 Å². The highest BCUT2D eigenvalue weighted by molar-refractivity contribution is 7.93. The number of amides is 2. The van der Waals surface area contributed by atoms with Gasteiger partial charge >= 0.3 is 12.2 Å². The SMILES string of the molecule is CC(C)(C)OC(=O)N(c1cscn1)S(=O)(=O)c1cc(Cl)c(COC(=O)N2CCCC2)cc1F. The molecule has 2 amide bonds. The maximum Gasteiger partial charge on any atom is 0.430 e. The standard InChI is InChI=1S/C20H23ClFN3O6S2/c1-20(2,3)31-19(27)25(17-11-32-12-23-17)33(28,29)16-9-14(21)13(8-15(16)22)10-30-18(26)24-6-4-5-7-24/h8-9,11-12H,4-7,10H2,1-3H3. The summed E-state index contributed by atoms with van der Waals surface area (Å²) in [6, 6.07) is 1.73. The fourth-order valence-corrected chi connectivity index (χ4v) is 5.25. The van der Waals surface area contributed by atoms with Crippen LogP contribution >= 0.6 is 22.9 Å². The van der Waals surface area contributed by atoms with Crippen LogP contribution < -0.4 is 4.31 Å². The average Bonchev–Trinajstić information content (AvgIpc) is 3.40. The van der Waals surface area contributed by atoms with Crippen molar-refractivity contribution in [3.63, 3.8) is 0 Å². The van der Waals surface area contributed by atoms with Crippen LogP contribution in [0.2, 0.25) is 5.02 Å². The Labute approximate surface area is 200 Å². The normalized spacial score (nSPS) is 14.3. The van der Waals surface area contributed by atoms with E-state index < -0.39 is 38.5 Å². The molecule has 0 N–H and O–H groups in total. The molecule has 1 aromatic heterocycles. The molecule has 9 nitrogen and oxygen atoms in total. The highest BCUT2D eigenvalue weighted by Gasteiger charge is 2.38. The summed E-state index contributed by atoms with van der Waals surface area (Å²) in [5.41, 5.74) is 0.391. The number of anilines is 1. The van der Waals surface area contributed by atoms with Crippen LogP contribution in [0.15, 0.2) is 27.9 Å². The fourth-order valence-electron chi connectivity index (χ4n) is 3.03. The molecule has 3 rings (SSSR count). The summed E-state index contributed by atoms with van der Waals surface area (Å²) in [5, 5.41) is 1.17. The van der Waals surface area contributed by atoms with Gasteiger partial charge in [-0.25, -0.2) is 27.4 Å². The van der Waals surface area contributed by atoms with Gasteiger partial charge in [0.15, 0.2) is 5.82 Å². The van der Waals surface area contributed by atoms with Crippen molar-refractivity contribution in [3.05, 3.63) is 39.4 Å². The first-order chi connectivity index (χ1) is 15.4. The minimum absolute atomic E-state index is 0.0816. The van der Waals surface area contributed by atoms with Gasteiger partial charge < -0.3 is 14.4 Å². The molecule has 0 aliphatic carbocycles. The van der Waals surface area contributed by atoms with Crippen LogP contribution in [0.25, 0.3) is 0 Å². The second kappa shape index (κ2) is 9.82. The number of ether oxygens (including phenoxy) is 2. The number of sulfonamides is 1. The molecule has 0 unspecified atom stereocenters. The summed E-state index contributed by atoms with van der Waals surface area (Å²) in [6.07, 6.45) is -0.0400. The number of thiazole rings is 1. The minimum atomic E-state index is -4.78. The van der Waals surface area contributed by atoms with Crippen LogP contribution in [-0.4, -0.2) is 49.2 Å². The first kappa shape index (κ1) is 25.2. The number of hydrogen-bond donors (Lipinski definition) is 0. The molecule has 0 saturated carbocycles. The molecule has 0 spiro atoms. The molecule has 2 heterocycles. The zero-order valence-electron chi connectivity index (χ0n) is 18.2. The Morgan fingerprint density at radius 3 is 2.52 bits per heavy atom. The predicted octanol–water partition coefficient (Wildman–Crippen LogP) is 4.80. The lowest BCUT2D eigenvalue weighted by atomic mass is 10.2. The summed E-state index contributed by atoms with van der Waals surface area (Å²) in [7, 11) is -4.78. The van der Waals surface area contributed by atoms with Crippen LogP contribution in [0, 0.1) is 5.82 Å². The van der Waals surface area contributed by atoms with Gasteiger partial charge in [-0.1, -0.05) is 11.6 Å². The molecule has 1 fully saturated rings. The Bertz CT molecular complexity index is 1130. The van der Waals surface area contributed by atoms with Crippen LogP contribution in [0.5, 0.6) is 0 Å². The van der Waals surface area contributed by atoms with Crippen molar-refractivity contribution in [2.24, 2.45) is 0 Å². The third-order valence-corrected chi connectivity index (χ3v) is 7.13. The van der Waals surface area contributed by atoms with Gasteiger partial charge in [0, 0.05) is 29.1 Å². The first-order valence-corrected chi connectivity index (χ1v) is 12.7. The number of hydrogen-bond acceptors (Lipinski definition) is 8. The lowest BCUT2D eigenvalue weighted by Gasteiger charge is -2.26. The highest BCUT2D eigenvalue weighted by atomic mass is 35.5. The monoisotopic (exact) mass is 519 g/mol. The van der Waals surface area contributed by atoms with E-state index in [1.807, 2.05) is 0 Å². The fraction of sp³-hybridized carbons (Fsp3) is 0.450. The van der Waals surface area contributed by atoms with E-state index in [4.69, 9.17) is 21.1 Å². The third kappa shape index (κ3) is 5.92. The van der Waals surface area contributed by atoms with E-state index in [1.165, 1.54) is 15.8 Å². The summed E-state index contributed by atoms with van der Waals surface area (Å²) < 4.78 is 52.2. The Hall–Kier alpha value is -2.44. The summed E-state index contributed by atoms with van der Waals surface area (Å²) in [6.45, 7) is 5.50.